The van der Waals surface area contributed by atoms with Gasteiger partial charge in [0.2, 0.25) is 0 Å². The first-order valence-electron chi connectivity index (χ1n) is 8.32. The van der Waals surface area contributed by atoms with Crippen molar-refractivity contribution in [3.05, 3.63) is 0 Å². The van der Waals surface area contributed by atoms with E-state index in [1.54, 1.807) is 0 Å². The Kier molecular flexibility index (Phi) is 8.99. The van der Waals surface area contributed by atoms with Gasteiger partial charge in [-0.05, 0) is 36.0 Å². The Labute approximate surface area is 117 Å². The van der Waals surface area contributed by atoms with Crippen LogP contribution in [-0.4, -0.2) is 0 Å². The molecule has 0 amide bonds. The zero-order valence-electron chi connectivity index (χ0n) is 14.2. The summed E-state index contributed by atoms with van der Waals surface area (Å²) in [6.07, 6.45) is 9.72. The largest absolute Gasteiger partial charge is 0.0651 e. The van der Waals surface area contributed by atoms with Gasteiger partial charge in [-0.15, -0.1) is 0 Å². The normalized spacial score (nSPS) is 17.5. The zero-order valence-corrected chi connectivity index (χ0v) is 14.2. The van der Waals surface area contributed by atoms with E-state index in [0.717, 1.165) is 17.8 Å². The van der Waals surface area contributed by atoms with Crippen molar-refractivity contribution in [3.8, 4) is 0 Å². The van der Waals surface area contributed by atoms with Gasteiger partial charge in [0.15, 0.2) is 0 Å². The van der Waals surface area contributed by atoms with Crippen molar-refractivity contribution in [1.82, 2.24) is 0 Å². The fourth-order valence-electron chi connectivity index (χ4n) is 2.56. The third kappa shape index (κ3) is 8.16. The van der Waals surface area contributed by atoms with Crippen LogP contribution in [0.1, 0.15) is 93.4 Å². The second kappa shape index (κ2) is 8.99. The van der Waals surface area contributed by atoms with Crippen molar-refractivity contribution in [2.45, 2.75) is 93.4 Å². The van der Waals surface area contributed by atoms with E-state index in [1.165, 1.54) is 44.9 Å². The van der Waals surface area contributed by atoms with Gasteiger partial charge in [0.1, 0.15) is 0 Å². The molecule has 0 bridgehead atoms. The van der Waals surface area contributed by atoms with Crippen LogP contribution in [0.3, 0.4) is 0 Å². The Morgan fingerprint density at radius 1 is 0.778 bits per heavy atom. The fraction of sp³-hybridized carbons (Fsp3) is 1.00. The summed E-state index contributed by atoms with van der Waals surface area (Å²) in [4.78, 5) is 0. The predicted octanol–water partition coefficient (Wildman–Crippen LogP) is 6.69. The molecule has 0 aromatic heterocycles. The van der Waals surface area contributed by atoms with Gasteiger partial charge in [0.05, 0.1) is 0 Å². The van der Waals surface area contributed by atoms with Gasteiger partial charge in [0.25, 0.3) is 0 Å². The average molecular weight is 255 g/mol. The molecule has 0 heterocycles. The molecule has 3 unspecified atom stereocenters. The maximum Gasteiger partial charge on any atom is -0.0354 e. The molecule has 0 aromatic rings. The maximum atomic E-state index is 2.46. The van der Waals surface area contributed by atoms with Crippen molar-refractivity contribution < 1.29 is 0 Å². The van der Waals surface area contributed by atoms with E-state index in [2.05, 4.69) is 48.5 Å². The van der Waals surface area contributed by atoms with Crippen LogP contribution in [0.15, 0.2) is 0 Å². The summed E-state index contributed by atoms with van der Waals surface area (Å²) >= 11 is 0. The van der Waals surface area contributed by atoms with Crippen molar-refractivity contribution in [2.24, 2.45) is 23.2 Å². The molecule has 0 radical (unpaired) electrons. The Hall–Kier alpha value is 0. The molecule has 0 nitrogen and oxygen atoms in total. The topological polar surface area (TPSA) is 0 Å². The number of rotatable bonds is 10. The van der Waals surface area contributed by atoms with E-state index < -0.39 is 0 Å². The molecule has 18 heavy (non-hydrogen) atoms. The van der Waals surface area contributed by atoms with E-state index >= 15 is 0 Å². The Morgan fingerprint density at radius 3 is 1.89 bits per heavy atom. The van der Waals surface area contributed by atoms with E-state index in [-0.39, 0.29) is 0 Å². The van der Waals surface area contributed by atoms with Gasteiger partial charge >= 0.3 is 0 Å². The molecule has 0 aliphatic rings. The maximum absolute atomic E-state index is 2.46. The summed E-state index contributed by atoms with van der Waals surface area (Å²) in [6.45, 7) is 16.8. The van der Waals surface area contributed by atoms with Crippen molar-refractivity contribution in [2.75, 3.05) is 0 Å². The van der Waals surface area contributed by atoms with Gasteiger partial charge in [-0.1, -0.05) is 80.6 Å². The van der Waals surface area contributed by atoms with E-state index in [0.29, 0.717) is 5.41 Å². The summed E-state index contributed by atoms with van der Waals surface area (Å²) in [7, 11) is 0. The Morgan fingerprint density at radius 2 is 1.39 bits per heavy atom. The summed E-state index contributed by atoms with van der Waals surface area (Å²) in [5.74, 6) is 2.71. The molecule has 0 aliphatic heterocycles. The summed E-state index contributed by atoms with van der Waals surface area (Å²) in [5, 5.41) is 0. The molecule has 0 saturated heterocycles. The highest BCUT2D eigenvalue weighted by Crippen LogP contribution is 2.32. The average Bonchev–Trinajstić information content (AvgIpc) is 2.34. The van der Waals surface area contributed by atoms with E-state index in [9.17, 15) is 0 Å². The quantitative estimate of drug-likeness (QED) is 0.407. The molecule has 0 fully saturated rings. The number of hydrogen-bond donors (Lipinski definition) is 0. The van der Waals surface area contributed by atoms with Crippen LogP contribution >= 0.6 is 0 Å². The lowest BCUT2D eigenvalue weighted by molar-refractivity contribution is 0.249. The molecule has 0 aromatic carbocycles. The van der Waals surface area contributed by atoms with Gasteiger partial charge in [-0.3, -0.25) is 0 Å². The number of hydrogen-bond acceptors (Lipinski definition) is 0. The molecule has 0 aliphatic carbocycles. The van der Waals surface area contributed by atoms with Crippen molar-refractivity contribution >= 4 is 0 Å². The van der Waals surface area contributed by atoms with Crippen molar-refractivity contribution in [1.29, 1.82) is 0 Å². The minimum Gasteiger partial charge on any atom is -0.0651 e. The monoisotopic (exact) mass is 254 g/mol. The van der Waals surface area contributed by atoms with Crippen LogP contribution in [0.5, 0.6) is 0 Å². The summed E-state index contributed by atoms with van der Waals surface area (Å²) in [5.41, 5.74) is 0.554. The standard InChI is InChI=1S/C18H38/c1-8-15(3)12-14-18(6,7)13-10-11-17(5)16(4)9-2/h15-17H,8-14H2,1-7H3. The molecule has 0 spiro atoms. The van der Waals surface area contributed by atoms with Gasteiger partial charge in [-0.25, -0.2) is 0 Å². The molecular formula is C18H38. The van der Waals surface area contributed by atoms with E-state index in [4.69, 9.17) is 0 Å². The highest BCUT2D eigenvalue weighted by Gasteiger charge is 2.19. The zero-order chi connectivity index (χ0) is 14.2. The molecular weight excluding hydrogens is 216 g/mol. The second-order valence-corrected chi connectivity index (χ2v) is 7.47. The lowest BCUT2D eigenvalue weighted by Gasteiger charge is -2.27. The first-order valence-corrected chi connectivity index (χ1v) is 8.32. The van der Waals surface area contributed by atoms with Gasteiger partial charge < -0.3 is 0 Å². The lowest BCUT2D eigenvalue weighted by Crippen LogP contribution is -2.14. The highest BCUT2D eigenvalue weighted by atomic mass is 14.2. The van der Waals surface area contributed by atoms with E-state index in [1.807, 2.05) is 0 Å². The SMILES string of the molecule is CCC(C)CCC(C)(C)CCCC(C)C(C)CC. The molecule has 0 N–H and O–H groups in total. The third-order valence-electron chi connectivity index (χ3n) is 5.14. The minimum absolute atomic E-state index is 0.554. The Balaban J connectivity index is 3.82. The van der Waals surface area contributed by atoms with Crippen molar-refractivity contribution in [3.63, 3.8) is 0 Å². The van der Waals surface area contributed by atoms with Crippen LogP contribution in [0.2, 0.25) is 0 Å². The minimum atomic E-state index is 0.554. The first kappa shape index (κ1) is 18.0. The van der Waals surface area contributed by atoms with Crippen LogP contribution in [-0.2, 0) is 0 Å². The molecule has 110 valence electrons. The molecule has 0 saturated carbocycles. The summed E-state index contributed by atoms with van der Waals surface area (Å²) in [6, 6.07) is 0. The molecule has 0 heteroatoms. The van der Waals surface area contributed by atoms with Gasteiger partial charge in [0, 0.05) is 0 Å². The predicted molar refractivity (Wildman–Crippen MR) is 84.9 cm³/mol. The van der Waals surface area contributed by atoms with Crippen LogP contribution in [0.4, 0.5) is 0 Å². The molecule has 0 rings (SSSR count). The fourth-order valence-corrected chi connectivity index (χ4v) is 2.56. The lowest BCUT2D eigenvalue weighted by atomic mass is 9.79. The smallest absolute Gasteiger partial charge is 0.0354 e. The molecule has 3 atom stereocenters. The second-order valence-electron chi connectivity index (χ2n) is 7.47. The Bertz CT molecular complexity index is 192. The third-order valence-corrected chi connectivity index (χ3v) is 5.14. The highest BCUT2D eigenvalue weighted by molar-refractivity contribution is 4.71. The van der Waals surface area contributed by atoms with Gasteiger partial charge in [-0.2, -0.15) is 0 Å². The summed E-state index contributed by atoms with van der Waals surface area (Å²) < 4.78 is 0. The first-order chi connectivity index (χ1) is 8.32. The van der Waals surface area contributed by atoms with Crippen LogP contribution in [0.25, 0.3) is 0 Å². The van der Waals surface area contributed by atoms with Crippen LogP contribution < -0.4 is 0 Å². The van der Waals surface area contributed by atoms with Crippen LogP contribution in [0, 0.1) is 23.2 Å².